The molecule has 2 N–H and O–H groups in total. The van der Waals surface area contributed by atoms with Gasteiger partial charge in [0.1, 0.15) is 0 Å². The van der Waals surface area contributed by atoms with Crippen molar-refractivity contribution in [2.75, 3.05) is 0 Å². The zero-order valence-corrected chi connectivity index (χ0v) is 8.53. The fourth-order valence-electron chi connectivity index (χ4n) is 1.62. The zero-order valence-electron chi connectivity index (χ0n) is 8.53. The fourth-order valence-corrected chi connectivity index (χ4v) is 1.62. The van der Waals surface area contributed by atoms with E-state index in [-0.39, 0.29) is 0 Å². The minimum Gasteiger partial charge on any atom is -0.328 e. The van der Waals surface area contributed by atoms with Gasteiger partial charge in [-0.15, -0.1) is 0 Å². The Balaban J connectivity index is 2.57. The summed E-state index contributed by atoms with van der Waals surface area (Å²) in [6.45, 7) is 4.30. The molecule has 2 atom stereocenters. The molecular formula is C12H19N. The molecule has 1 heteroatoms. The first-order valence-corrected chi connectivity index (χ1v) is 5.03. The zero-order chi connectivity index (χ0) is 9.68. The van der Waals surface area contributed by atoms with Crippen LogP contribution in [0.15, 0.2) is 30.3 Å². The van der Waals surface area contributed by atoms with Gasteiger partial charge < -0.3 is 5.73 Å². The van der Waals surface area contributed by atoms with E-state index in [4.69, 9.17) is 5.73 Å². The summed E-state index contributed by atoms with van der Waals surface area (Å²) in [6.07, 6.45) is 2.27. The number of hydrogen-bond acceptors (Lipinski definition) is 1. The van der Waals surface area contributed by atoms with Crippen LogP contribution in [0.1, 0.15) is 25.8 Å². The molecule has 0 saturated heterocycles. The van der Waals surface area contributed by atoms with Crippen molar-refractivity contribution in [2.24, 2.45) is 11.7 Å². The summed E-state index contributed by atoms with van der Waals surface area (Å²) < 4.78 is 0. The summed E-state index contributed by atoms with van der Waals surface area (Å²) in [6, 6.07) is 10.9. The lowest BCUT2D eigenvalue weighted by atomic mass is 9.91. The normalized spacial score (nSPS) is 15.3. The monoisotopic (exact) mass is 177 g/mol. The molecule has 0 radical (unpaired) electrons. The van der Waals surface area contributed by atoms with Gasteiger partial charge in [0.25, 0.3) is 0 Å². The molecule has 0 aliphatic carbocycles. The highest BCUT2D eigenvalue weighted by Crippen LogP contribution is 2.14. The van der Waals surface area contributed by atoms with Crippen LogP contribution in [0, 0.1) is 5.92 Å². The van der Waals surface area contributed by atoms with E-state index in [2.05, 4.69) is 44.2 Å². The Morgan fingerprint density at radius 1 is 1.23 bits per heavy atom. The van der Waals surface area contributed by atoms with Gasteiger partial charge in [-0.3, -0.25) is 0 Å². The van der Waals surface area contributed by atoms with Crippen LogP contribution in [0.25, 0.3) is 0 Å². The van der Waals surface area contributed by atoms with Gasteiger partial charge in [-0.1, -0.05) is 43.7 Å². The molecule has 0 heterocycles. The summed E-state index contributed by atoms with van der Waals surface area (Å²) in [5.74, 6) is 0.613. The lowest BCUT2D eigenvalue weighted by Gasteiger charge is -2.18. The van der Waals surface area contributed by atoms with Crippen molar-refractivity contribution in [1.29, 1.82) is 0 Å². The Labute approximate surface area is 81.0 Å². The highest BCUT2D eigenvalue weighted by molar-refractivity contribution is 5.15. The quantitative estimate of drug-likeness (QED) is 0.751. The molecule has 1 rings (SSSR count). The van der Waals surface area contributed by atoms with Crippen molar-refractivity contribution in [1.82, 2.24) is 0 Å². The smallest absolute Gasteiger partial charge is 0.00418 e. The van der Waals surface area contributed by atoms with Crippen molar-refractivity contribution in [3.05, 3.63) is 35.9 Å². The minimum absolute atomic E-state index is 0.296. The van der Waals surface area contributed by atoms with E-state index in [1.807, 2.05) is 0 Å². The van der Waals surface area contributed by atoms with Crippen LogP contribution < -0.4 is 5.73 Å². The van der Waals surface area contributed by atoms with Crippen LogP contribution in [-0.2, 0) is 6.42 Å². The van der Waals surface area contributed by atoms with Gasteiger partial charge in [0.15, 0.2) is 0 Å². The van der Waals surface area contributed by atoms with Crippen molar-refractivity contribution in [3.63, 3.8) is 0 Å². The highest BCUT2D eigenvalue weighted by Gasteiger charge is 2.11. The van der Waals surface area contributed by atoms with Crippen LogP contribution in [0.4, 0.5) is 0 Å². The Morgan fingerprint density at radius 2 is 1.85 bits per heavy atom. The molecule has 1 aromatic carbocycles. The topological polar surface area (TPSA) is 26.0 Å². The number of hydrogen-bond donors (Lipinski definition) is 1. The Bertz CT molecular complexity index is 228. The molecule has 1 aromatic rings. The molecule has 0 fully saturated rings. The molecule has 13 heavy (non-hydrogen) atoms. The molecule has 1 unspecified atom stereocenters. The average molecular weight is 177 g/mol. The summed E-state index contributed by atoms with van der Waals surface area (Å²) in [7, 11) is 0. The first-order valence-electron chi connectivity index (χ1n) is 5.03. The van der Waals surface area contributed by atoms with E-state index in [0.717, 1.165) is 12.8 Å². The van der Waals surface area contributed by atoms with Gasteiger partial charge in [-0.2, -0.15) is 0 Å². The maximum Gasteiger partial charge on any atom is 0.00418 e. The van der Waals surface area contributed by atoms with E-state index >= 15 is 0 Å². The first-order chi connectivity index (χ1) is 6.24. The highest BCUT2D eigenvalue weighted by atomic mass is 14.6. The largest absolute Gasteiger partial charge is 0.328 e. The number of benzene rings is 1. The van der Waals surface area contributed by atoms with Gasteiger partial charge in [0, 0.05) is 6.04 Å². The van der Waals surface area contributed by atoms with Gasteiger partial charge in [0.05, 0.1) is 0 Å². The van der Waals surface area contributed by atoms with Crippen LogP contribution in [-0.4, -0.2) is 6.04 Å². The molecule has 1 nitrogen and oxygen atoms in total. The summed E-state index contributed by atoms with van der Waals surface area (Å²) >= 11 is 0. The first kappa shape index (κ1) is 10.3. The van der Waals surface area contributed by atoms with Crippen LogP contribution in [0.2, 0.25) is 0 Å². The molecule has 0 amide bonds. The predicted molar refractivity (Wildman–Crippen MR) is 57.6 cm³/mol. The van der Waals surface area contributed by atoms with E-state index in [1.54, 1.807) is 0 Å². The second-order valence-corrected chi connectivity index (χ2v) is 3.72. The van der Waals surface area contributed by atoms with E-state index < -0.39 is 0 Å². The van der Waals surface area contributed by atoms with Crippen molar-refractivity contribution in [2.45, 2.75) is 32.7 Å². The molecule has 0 aliphatic rings. The molecule has 0 aromatic heterocycles. The number of nitrogens with two attached hydrogens (primary N) is 1. The van der Waals surface area contributed by atoms with Crippen molar-refractivity contribution >= 4 is 0 Å². The molecule has 72 valence electrons. The Kier molecular flexibility index (Phi) is 3.97. The lowest BCUT2D eigenvalue weighted by molar-refractivity contribution is 0.428. The van der Waals surface area contributed by atoms with Crippen molar-refractivity contribution in [3.8, 4) is 0 Å². The van der Waals surface area contributed by atoms with E-state index in [9.17, 15) is 0 Å². The van der Waals surface area contributed by atoms with Crippen LogP contribution in [0.3, 0.4) is 0 Å². The van der Waals surface area contributed by atoms with Crippen LogP contribution >= 0.6 is 0 Å². The lowest BCUT2D eigenvalue weighted by Crippen LogP contribution is -2.27. The van der Waals surface area contributed by atoms with Gasteiger partial charge >= 0.3 is 0 Å². The van der Waals surface area contributed by atoms with Gasteiger partial charge in [0.2, 0.25) is 0 Å². The summed E-state index contributed by atoms with van der Waals surface area (Å²) in [5, 5.41) is 0. The summed E-state index contributed by atoms with van der Waals surface area (Å²) in [4.78, 5) is 0. The third-order valence-electron chi connectivity index (χ3n) is 2.61. The maximum atomic E-state index is 5.90. The maximum absolute atomic E-state index is 5.90. The molecule has 0 aliphatic heterocycles. The standard InChI is InChI=1S/C12H19N/c1-3-12(10(2)13)9-11-7-5-4-6-8-11/h4-8,10,12H,3,9,13H2,1-2H3/t10-,12?/m1/s1. The Hall–Kier alpha value is -0.820. The van der Waals surface area contributed by atoms with Gasteiger partial charge in [-0.05, 0) is 24.8 Å². The van der Waals surface area contributed by atoms with Crippen LogP contribution in [0.5, 0.6) is 0 Å². The summed E-state index contributed by atoms with van der Waals surface area (Å²) in [5.41, 5.74) is 7.29. The van der Waals surface area contributed by atoms with E-state index in [0.29, 0.717) is 12.0 Å². The van der Waals surface area contributed by atoms with E-state index in [1.165, 1.54) is 5.56 Å². The third-order valence-corrected chi connectivity index (χ3v) is 2.61. The van der Waals surface area contributed by atoms with Crippen molar-refractivity contribution < 1.29 is 0 Å². The predicted octanol–water partition coefficient (Wildman–Crippen LogP) is 2.60. The Morgan fingerprint density at radius 3 is 2.31 bits per heavy atom. The third kappa shape index (κ3) is 3.19. The average Bonchev–Trinajstić information content (AvgIpc) is 2.15. The molecule has 0 spiro atoms. The molecule has 0 bridgehead atoms. The SMILES string of the molecule is CCC(Cc1ccccc1)[C@@H](C)N. The second kappa shape index (κ2) is 5.03. The van der Waals surface area contributed by atoms with Gasteiger partial charge in [-0.25, -0.2) is 0 Å². The second-order valence-electron chi connectivity index (χ2n) is 3.72. The molecular weight excluding hydrogens is 158 g/mol. The minimum atomic E-state index is 0.296. The number of rotatable bonds is 4. The molecule has 0 saturated carbocycles. The fraction of sp³-hybridized carbons (Fsp3) is 0.500.